The van der Waals surface area contributed by atoms with E-state index in [9.17, 15) is 0 Å². The summed E-state index contributed by atoms with van der Waals surface area (Å²) in [7, 11) is 0. The van der Waals surface area contributed by atoms with Gasteiger partial charge in [0, 0.05) is 17.6 Å². The quantitative estimate of drug-likeness (QED) is 0.692. The molecule has 1 aliphatic carbocycles. The number of fused-ring (bicyclic) bond motifs is 1. The van der Waals surface area contributed by atoms with Crippen LogP contribution in [0.5, 0.6) is 5.75 Å². The smallest absolute Gasteiger partial charge is 0.143 e. The second-order valence-corrected chi connectivity index (χ2v) is 6.85. The van der Waals surface area contributed by atoms with Gasteiger partial charge in [0.15, 0.2) is 0 Å². The molecule has 1 aromatic heterocycles. The third-order valence-corrected chi connectivity index (χ3v) is 4.87. The molecular formula is C18H24ClNO. The third kappa shape index (κ3) is 3.06. The van der Waals surface area contributed by atoms with Gasteiger partial charge in [0.1, 0.15) is 5.75 Å². The molecule has 114 valence electrons. The van der Waals surface area contributed by atoms with Crippen LogP contribution in [0.1, 0.15) is 52.0 Å². The third-order valence-electron chi connectivity index (χ3n) is 4.54. The molecule has 2 nitrogen and oxygen atoms in total. The summed E-state index contributed by atoms with van der Waals surface area (Å²) in [5.74, 6) is 1.69. The number of ether oxygens (including phenoxy) is 1. The Hall–Kier alpha value is -1.15. The summed E-state index contributed by atoms with van der Waals surface area (Å²) in [5.41, 5.74) is 1.13. The van der Waals surface area contributed by atoms with E-state index in [-0.39, 0.29) is 0 Å². The van der Waals surface area contributed by atoms with Crippen molar-refractivity contribution in [2.24, 2.45) is 5.92 Å². The van der Waals surface area contributed by atoms with Gasteiger partial charge in [-0.3, -0.25) is 0 Å². The first-order valence-corrected chi connectivity index (χ1v) is 8.46. The highest BCUT2D eigenvalue weighted by atomic mass is 35.5. The maximum atomic E-state index is 6.33. The van der Waals surface area contributed by atoms with Crippen molar-refractivity contribution in [2.45, 2.75) is 52.0 Å². The Morgan fingerprint density at radius 2 is 1.95 bits per heavy atom. The lowest BCUT2D eigenvalue weighted by atomic mass is 9.90. The Labute approximate surface area is 132 Å². The van der Waals surface area contributed by atoms with Gasteiger partial charge in [0.25, 0.3) is 0 Å². The Morgan fingerprint density at radius 3 is 2.67 bits per heavy atom. The lowest BCUT2D eigenvalue weighted by Gasteiger charge is -2.22. The highest BCUT2D eigenvalue weighted by Gasteiger charge is 2.17. The monoisotopic (exact) mass is 305 g/mol. The van der Waals surface area contributed by atoms with Crippen molar-refractivity contribution >= 4 is 22.5 Å². The van der Waals surface area contributed by atoms with Crippen LogP contribution in [0.3, 0.4) is 0 Å². The average molecular weight is 306 g/mol. The Balaban J connectivity index is 1.86. The fourth-order valence-electron chi connectivity index (χ4n) is 3.33. The summed E-state index contributed by atoms with van der Waals surface area (Å²) in [5, 5.41) is 1.89. The van der Waals surface area contributed by atoms with Gasteiger partial charge in [-0.1, -0.05) is 30.9 Å². The minimum atomic E-state index is 0.401. The second-order valence-electron chi connectivity index (χ2n) is 6.44. The molecule has 0 bridgehead atoms. The Morgan fingerprint density at radius 1 is 1.19 bits per heavy atom. The zero-order valence-electron chi connectivity index (χ0n) is 12.9. The van der Waals surface area contributed by atoms with Crippen LogP contribution < -0.4 is 4.74 Å². The molecule has 0 radical (unpaired) electrons. The minimum absolute atomic E-state index is 0.401. The van der Waals surface area contributed by atoms with Gasteiger partial charge in [-0.2, -0.15) is 0 Å². The number of nitrogens with zero attached hydrogens (tertiary/aromatic N) is 1. The molecule has 0 saturated heterocycles. The van der Waals surface area contributed by atoms with Gasteiger partial charge in [-0.25, -0.2) is 0 Å². The molecule has 1 aliphatic rings. The molecule has 0 atom stereocenters. The van der Waals surface area contributed by atoms with Crippen LogP contribution >= 0.6 is 11.6 Å². The van der Waals surface area contributed by atoms with Crippen molar-refractivity contribution in [3.05, 3.63) is 29.4 Å². The molecular weight excluding hydrogens is 282 g/mol. The van der Waals surface area contributed by atoms with Crippen LogP contribution in [0, 0.1) is 5.92 Å². The van der Waals surface area contributed by atoms with Crippen molar-refractivity contribution in [2.75, 3.05) is 6.61 Å². The number of hydrogen-bond acceptors (Lipinski definition) is 1. The summed E-state index contributed by atoms with van der Waals surface area (Å²) < 4.78 is 8.43. The summed E-state index contributed by atoms with van der Waals surface area (Å²) >= 11 is 6.33. The van der Waals surface area contributed by atoms with Crippen molar-refractivity contribution < 1.29 is 4.74 Å². The number of benzene rings is 1. The van der Waals surface area contributed by atoms with Gasteiger partial charge in [-0.15, -0.1) is 0 Å². The van der Waals surface area contributed by atoms with E-state index >= 15 is 0 Å². The number of aromatic nitrogens is 1. The van der Waals surface area contributed by atoms with Gasteiger partial charge in [0.05, 0.1) is 17.1 Å². The van der Waals surface area contributed by atoms with Gasteiger partial charge in [0.2, 0.25) is 0 Å². The van der Waals surface area contributed by atoms with Crippen LogP contribution in [0.4, 0.5) is 0 Å². The fourth-order valence-corrected chi connectivity index (χ4v) is 3.54. The molecule has 1 aromatic carbocycles. The molecule has 0 unspecified atom stereocenters. The predicted molar refractivity (Wildman–Crippen MR) is 89.4 cm³/mol. The molecule has 1 fully saturated rings. The average Bonchev–Trinajstić information content (AvgIpc) is 2.94. The van der Waals surface area contributed by atoms with Crippen molar-refractivity contribution in [3.8, 4) is 5.75 Å². The standard InChI is InChI=1S/C18H24ClNO/c1-13(2)20-11-10-15-16(19)8-9-17(18(15)20)21-12-14-6-4-3-5-7-14/h8-11,13-14H,3-7,12H2,1-2H3. The maximum absolute atomic E-state index is 6.33. The first-order valence-electron chi connectivity index (χ1n) is 8.08. The Kier molecular flexibility index (Phi) is 4.44. The van der Waals surface area contributed by atoms with Crippen LogP contribution in [0.15, 0.2) is 24.4 Å². The van der Waals surface area contributed by atoms with E-state index in [2.05, 4.69) is 30.7 Å². The number of halogens is 1. The van der Waals surface area contributed by atoms with Crippen molar-refractivity contribution in [1.29, 1.82) is 0 Å². The number of rotatable bonds is 4. The predicted octanol–water partition coefficient (Wildman–Crippen LogP) is 5.83. The normalized spacial score (nSPS) is 16.8. The largest absolute Gasteiger partial charge is 0.491 e. The molecule has 0 spiro atoms. The van der Waals surface area contributed by atoms with Crippen molar-refractivity contribution in [1.82, 2.24) is 4.57 Å². The van der Waals surface area contributed by atoms with E-state index in [0.29, 0.717) is 12.0 Å². The lowest BCUT2D eigenvalue weighted by molar-refractivity contribution is 0.210. The van der Waals surface area contributed by atoms with Gasteiger partial charge >= 0.3 is 0 Å². The summed E-state index contributed by atoms with van der Waals surface area (Å²) in [6.07, 6.45) is 8.81. The molecule has 1 heterocycles. The van der Waals surface area contributed by atoms with Crippen molar-refractivity contribution in [3.63, 3.8) is 0 Å². The van der Waals surface area contributed by atoms with Gasteiger partial charge in [-0.05, 0) is 50.8 Å². The highest BCUT2D eigenvalue weighted by Crippen LogP contribution is 2.35. The Bertz CT molecular complexity index is 611. The second kappa shape index (κ2) is 6.31. The van der Waals surface area contributed by atoms with Crippen LogP contribution in [-0.4, -0.2) is 11.2 Å². The molecule has 21 heavy (non-hydrogen) atoms. The highest BCUT2D eigenvalue weighted by molar-refractivity contribution is 6.35. The van der Waals surface area contributed by atoms with Crippen LogP contribution in [-0.2, 0) is 0 Å². The molecule has 0 N–H and O–H groups in total. The topological polar surface area (TPSA) is 14.2 Å². The summed E-state index contributed by atoms with van der Waals surface area (Å²) in [6.45, 7) is 5.20. The molecule has 2 aromatic rings. The minimum Gasteiger partial charge on any atom is -0.491 e. The first-order chi connectivity index (χ1) is 10.2. The zero-order valence-corrected chi connectivity index (χ0v) is 13.7. The van der Waals surface area contributed by atoms with E-state index < -0.39 is 0 Å². The van der Waals surface area contributed by atoms with E-state index in [0.717, 1.165) is 28.3 Å². The van der Waals surface area contributed by atoms with E-state index in [1.165, 1.54) is 32.1 Å². The number of hydrogen-bond donors (Lipinski definition) is 0. The first kappa shape index (κ1) is 14.8. The molecule has 1 saturated carbocycles. The molecule has 0 aliphatic heterocycles. The van der Waals surface area contributed by atoms with E-state index in [4.69, 9.17) is 16.3 Å². The molecule has 3 heteroatoms. The van der Waals surface area contributed by atoms with Gasteiger partial charge < -0.3 is 9.30 Å². The molecule has 0 amide bonds. The SMILES string of the molecule is CC(C)n1ccc2c(Cl)ccc(OCC3CCCCC3)c21. The van der Waals surface area contributed by atoms with Crippen LogP contribution in [0.25, 0.3) is 10.9 Å². The van der Waals surface area contributed by atoms with E-state index in [1.807, 2.05) is 12.1 Å². The molecule has 3 rings (SSSR count). The maximum Gasteiger partial charge on any atom is 0.143 e. The van der Waals surface area contributed by atoms with E-state index in [1.54, 1.807) is 0 Å². The lowest BCUT2D eigenvalue weighted by Crippen LogP contribution is -2.15. The van der Waals surface area contributed by atoms with Crippen LogP contribution in [0.2, 0.25) is 5.02 Å². The summed E-state index contributed by atoms with van der Waals surface area (Å²) in [6, 6.07) is 6.46. The summed E-state index contributed by atoms with van der Waals surface area (Å²) in [4.78, 5) is 0. The fraction of sp³-hybridized carbons (Fsp3) is 0.556. The zero-order chi connectivity index (χ0) is 14.8.